The summed E-state index contributed by atoms with van der Waals surface area (Å²) in [5.41, 5.74) is 0. The molecule has 3 atom stereocenters. The number of nitrogens with one attached hydrogen (secondary N) is 1. The molecule has 0 saturated carbocycles. The van der Waals surface area contributed by atoms with Crippen LogP contribution in [-0.4, -0.2) is 46.1 Å². The fourth-order valence-corrected chi connectivity index (χ4v) is 9.71. The third-order valence-corrected chi connectivity index (χ3v) is 14.4. The highest BCUT2D eigenvalue weighted by Crippen LogP contribution is 2.18. The highest BCUT2D eigenvalue weighted by molar-refractivity contribution is 5.76. The van der Waals surface area contributed by atoms with E-state index in [2.05, 4.69) is 43.5 Å². The molecule has 0 aromatic rings. The van der Waals surface area contributed by atoms with Gasteiger partial charge >= 0.3 is 0 Å². The second kappa shape index (κ2) is 58.1. The summed E-state index contributed by atoms with van der Waals surface area (Å²) >= 11 is 0. The van der Waals surface area contributed by atoms with E-state index < -0.39 is 18.2 Å². The highest BCUT2D eigenvalue weighted by atomic mass is 16.3. The van der Waals surface area contributed by atoms with Gasteiger partial charge in [-0.2, -0.15) is 0 Å². The molecule has 4 N–H and O–H groups in total. The molecule has 0 saturated heterocycles. The Labute approximate surface area is 425 Å². The van der Waals surface area contributed by atoms with Crippen LogP contribution < -0.4 is 5.32 Å². The molecule has 0 fully saturated rings. The van der Waals surface area contributed by atoms with Gasteiger partial charge in [0.15, 0.2) is 0 Å². The molecule has 402 valence electrons. The summed E-state index contributed by atoms with van der Waals surface area (Å²) in [6.45, 7) is 4.24. The number of hydrogen-bond acceptors (Lipinski definition) is 4. The summed E-state index contributed by atoms with van der Waals surface area (Å²) in [6, 6.07) is -0.761. The number of unbranched alkanes of at least 4 members (excludes halogenated alkanes) is 44. The molecule has 0 aliphatic carbocycles. The summed E-state index contributed by atoms with van der Waals surface area (Å²) < 4.78 is 0. The molecule has 5 nitrogen and oxygen atoms in total. The van der Waals surface area contributed by atoms with Crippen molar-refractivity contribution in [2.75, 3.05) is 6.61 Å². The largest absolute Gasteiger partial charge is 0.394 e. The van der Waals surface area contributed by atoms with Crippen molar-refractivity contribution in [3.8, 4) is 0 Å². The number of carbonyl (C=O) groups is 1. The Morgan fingerprint density at radius 1 is 0.368 bits per heavy atom. The first kappa shape index (κ1) is 66.6. The zero-order valence-corrected chi connectivity index (χ0v) is 46.0. The number of aliphatic hydroxyl groups excluding tert-OH is 3. The van der Waals surface area contributed by atoms with E-state index in [0.29, 0.717) is 6.42 Å². The van der Waals surface area contributed by atoms with Gasteiger partial charge in [0, 0.05) is 0 Å². The van der Waals surface area contributed by atoms with Crippen LogP contribution in [0, 0.1) is 0 Å². The van der Waals surface area contributed by atoms with Crippen LogP contribution in [0.2, 0.25) is 0 Å². The Morgan fingerprint density at radius 2 is 0.632 bits per heavy atom. The van der Waals surface area contributed by atoms with Crippen molar-refractivity contribution in [3.63, 3.8) is 0 Å². The standard InChI is InChI=1S/C63H121NO4/c1-3-5-7-9-11-13-15-17-19-21-23-25-26-27-28-29-30-31-32-33-34-35-36-37-38-40-42-44-46-48-50-52-54-56-60(66)58-63(68)64-61(59-65)62(67)57-55-53-51-49-47-45-43-41-39-24-22-20-18-16-14-12-10-8-6-4-2/h29-30,47,49,55,57,60-62,65-67H,3-28,31-46,48,50-54,56,58-59H2,1-2H3,(H,64,68)/b30-29-,49-47+,57-55+. The van der Waals surface area contributed by atoms with Crippen LogP contribution in [0.25, 0.3) is 0 Å². The molecule has 3 unspecified atom stereocenters. The lowest BCUT2D eigenvalue weighted by Gasteiger charge is -2.21. The van der Waals surface area contributed by atoms with E-state index in [1.807, 2.05) is 6.08 Å². The van der Waals surface area contributed by atoms with Gasteiger partial charge in [0.25, 0.3) is 0 Å². The number of carbonyl (C=O) groups excluding carboxylic acids is 1. The molecule has 68 heavy (non-hydrogen) atoms. The topological polar surface area (TPSA) is 89.8 Å². The average Bonchev–Trinajstić information content (AvgIpc) is 3.33. The molecule has 0 spiro atoms. The van der Waals surface area contributed by atoms with Crippen LogP contribution in [0.3, 0.4) is 0 Å². The van der Waals surface area contributed by atoms with Gasteiger partial charge in [-0.1, -0.05) is 307 Å². The SMILES string of the molecule is CCCCCCCCCCCCCCCC/C=C\CCCCCCCCCCCCCCCCCC(O)CC(=O)NC(CO)C(O)/C=C/CC/C=C/CCCCCCCCCCCCCCCC. The first-order valence-corrected chi connectivity index (χ1v) is 30.8. The Hall–Kier alpha value is -1.43. The number of hydrogen-bond donors (Lipinski definition) is 4. The van der Waals surface area contributed by atoms with Crippen molar-refractivity contribution in [2.45, 2.75) is 353 Å². The highest BCUT2D eigenvalue weighted by Gasteiger charge is 2.20. The Morgan fingerprint density at radius 3 is 0.941 bits per heavy atom. The van der Waals surface area contributed by atoms with E-state index in [1.165, 1.54) is 276 Å². The maximum atomic E-state index is 12.5. The fraction of sp³-hybridized carbons (Fsp3) is 0.889. The molecule has 0 heterocycles. The second-order valence-corrected chi connectivity index (χ2v) is 21.3. The van der Waals surface area contributed by atoms with Gasteiger partial charge in [0.1, 0.15) is 0 Å². The molecule has 0 bridgehead atoms. The summed E-state index contributed by atoms with van der Waals surface area (Å²) in [5, 5.41) is 33.5. The molecule has 0 aliphatic heterocycles. The van der Waals surface area contributed by atoms with Crippen LogP contribution >= 0.6 is 0 Å². The number of rotatable bonds is 57. The number of amides is 1. The molecule has 0 rings (SSSR count). The minimum atomic E-state index is -0.952. The quantitative estimate of drug-likeness (QED) is 0.0361. The van der Waals surface area contributed by atoms with Crippen LogP contribution in [-0.2, 0) is 4.79 Å². The molecule has 0 radical (unpaired) electrons. The van der Waals surface area contributed by atoms with Crippen LogP contribution in [0.4, 0.5) is 0 Å². The predicted molar refractivity (Wildman–Crippen MR) is 301 cm³/mol. The number of aliphatic hydroxyl groups is 3. The van der Waals surface area contributed by atoms with Gasteiger partial charge < -0.3 is 20.6 Å². The van der Waals surface area contributed by atoms with Crippen molar-refractivity contribution in [1.82, 2.24) is 5.32 Å². The van der Waals surface area contributed by atoms with Crippen molar-refractivity contribution in [1.29, 1.82) is 0 Å². The third kappa shape index (κ3) is 53.9. The van der Waals surface area contributed by atoms with Crippen molar-refractivity contribution < 1.29 is 20.1 Å². The van der Waals surface area contributed by atoms with Gasteiger partial charge in [-0.25, -0.2) is 0 Å². The van der Waals surface area contributed by atoms with Crippen molar-refractivity contribution in [2.24, 2.45) is 0 Å². The van der Waals surface area contributed by atoms with Gasteiger partial charge in [-0.05, 0) is 57.8 Å². The summed E-state index contributed by atoms with van der Waals surface area (Å²) in [5.74, 6) is -0.320. The molecule has 5 heteroatoms. The summed E-state index contributed by atoms with van der Waals surface area (Å²) in [4.78, 5) is 12.5. The van der Waals surface area contributed by atoms with Crippen molar-refractivity contribution in [3.05, 3.63) is 36.5 Å². The van der Waals surface area contributed by atoms with Crippen LogP contribution in [0.5, 0.6) is 0 Å². The Kier molecular flexibility index (Phi) is 56.9. The second-order valence-electron chi connectivity index (χ2n) is 21.3. The molecule has 0 aromatic carbocycles. The van der Waals surface area contributed by atoms with Gasteiger partial charge in [-0.3, -0.25) is 4.79 Å². The van der Waals surface area contributed by atoms with Crippen LogP contribution in [0.1, 0.15) is 335 Å². The summed E-state index contributed by atoms with van der Waals surface area (Å²) in [7, 11) is 0. The van der Waals surface area contributed by atoms with E-state index in [1.54, 1.807) is 6.08 Å². The monoisotopic (exact) mass is 956 g/mol. The van der Waals surface area contributed by atoms with Gasteiger partial charge in [-0.15, -0.1) is 0 Å². The lowest BCUT2D eigenvalue weighted by atomic mass is 10.0. The lowest BCUT2D eigenvalue weighted by Crippen LogP contribution is -2.45. The van der Waals surface area contributed by atoms with E-state index in [-0.39, 0.29) is 18.9 Å². The van der Waals surface area contributed by atoms with Gasteiger partial charge in [0.05, 0.1) is 31.3 Å². The maximum Gasteiger partial charge on any atom is 0.222 e. The van der Waals surface area contributed by atoms with E-state index >= 15 is 0 Å². The van der Waals surface area contributed by atoms with Crippen LogP contribution in [0.15, 0.2) is 36.5 Å². The molecular formula is C63H121NO4. The minimum absolute atomic E-state index is 0.00820. The first-order chi connectivity index (χ1) is 33.5. The predicted octanol–water partition coefficient (Wildman–Crippen LogP) is 19.4. The van der Waals surface area contributed by atoms with E-state index in [9.17, 15) is 20.1 Å². The third-order valence-electron chi connectivity index (χ3n) is 14.4. The fourth-order valence-electron chi connectivity index (χ4n) is 9.71. The van der Waals surface area contributed by atoms with E-state index in [0.717, 1.165) is 32.1 Å². The zero-order valence-electron chi connectivity index (χ0n) is 46.0. The Balaban J connectivity index is 3.53. The Bertz CT molecular complexity index is 1060. The molecule has 0 aromatic heterocycles. The molecular weight excluding hydrogens is 835 g/mol. The summed E-state index contributed by atoms with van der Waals surface area (Å²) in [6.07, 6.45) is 76.5. The number of allylic oxidation sites excluding steroid dienone is 5. The average molecular weight is 957 g/mol. The molecule has 1 amide bonds. The van der Waals surface area contributed by atoms with Crippen molar-refractivity contribution >= 4 is 5.91 Å². The normalized spacial score (nSPS) is 13.4. The minimum Gasteiger partial charge on any atom is -0.394 e. The van der Waals surface area contributed by atoms with E-state index in [4.69, 9.17) is 0 Å². The molecule has 0 aliphatic rings. The first-order valence-electron chi connectivity index (χ1n) is 30.8. The lowest BCUT2D eigenvalue weighted by molar-refractivity contribution is -0.124. The van der Waals surface area contributed by atoms with Gasteiger partial charge in [0.2, 0.25) is 5.91 Å². The maximum absolute atomic E-state index is 12.5. The zero-order chi connectivity index (χ0) is 49.3. The smallest absolute Gasteiger partial charge is 0.222 e.